The van der Waals surface area contributed by atoms with Crippen molar-refractivity contribution in [2.24, 2.45) is 0 Å². The molecule has 3 fully saturated rings. The normalized spacial score (nSPS) is 24.5. The zero-order chi connectivity index (χ0) is 23.5. The van der Waals surface area contributed by atoms with Gasteiger partial charge in [0.15, 0.2) is 0 Å². The van der Waals surface area contributed by atoms with Gasteiger partial charge in [-0.15, -0.1) is 0 Å². The fourth-order valence-corrected chi connectivity index (χ4v) is 6.30. The van der Waals surface area contributed by atoms with Crippen molar-refractivity contribution < 1.29 is 36.3 Å². The van der Waals surface area contributed by atoms with Gasteiger partial charge < -0.3 is 31.5 Å². The molecule has 0 aliphatic carbocycles. The molecule has 1 N–H and O–H groups in total. The summed E-state index contributed by atoms with van der Waals surface area (Å²) in [6, 6.07) is 19.6. The zero-order valence-corrected chi connectivity index (χ0v) is 20.9. The van der Waals surface area contributed by atoms with E-state index in [-0.39, 0.29) is 24.3 Å². The molecular formula is C28H36ClNO4. The lowest BCUT2D eigenvalue weighted by molar-refractivity contribution is -0.956. The summed E-state index contributed by atoms with van der Waals surface area (Å²) in [7, 11) is 0. The average molecular weight is 486 g/mol. The molecule has 6 heteroatoms. The number of rotatable bonds is 4. The molecule has 34 heavy (non-hydrogen) atoms. The fraction of sp³-hybridized carbons (Fsp3) is 0.500. The van der Waals surface area contributed by atoms with Crippen LogP contribution in [0.3, 0.4) is 0 Å². The minimum absolute atomic E-state index is 0. The van der Waals surface area contributed by atoms with Gasteiger partial charge in [-0.05, 0) is 25.0 Å². The number of Topliss-reactive ketones (excluding diaryl/α,β-unsaturated/α-hetero) is 1. The van der Waals surface area contributed by atoms with E-state index in [1.54, 1.807) is 24.3 Å². The van der Waals surface area contributed by atoms with Crippen LogP contribution in [-0.2, 0) is 19.9 Å². The van der Waals surface area contributed by atoms with Crippen molar-refractivity contribution in [3.8, 4) is 0 Å². The number of quaternary nitrogens is 1. The molecular weight excluding hydrogens is 450 g/mol. The maximum Gasteiger partial charge on any atom is 0.347 e. The number of hydrogen-bond acceptors (Lipinski definition) is 4. The Bertz CT molecular complexity index is 899. The third-order valence-corrected chi connectivity index (χ3v) is 7.71. The smallest absolute Gasteiger partial charge is 0.347 e. The minimum atomic E-state index is -1.78. The first-order valence-electron chi connectivity index (χ1n) is 12.2. The van der Waals surface area contributed by atoms with Crippen LogP contribution >= 0.6 is 0 Å². The molecule has 0 aromatic heterocycles. The van der Waals surface area contributed by atoms with E-state index in [2.05, 4.69) is 0 Å². The molecule has 3 atom stereocenters. The lowest BCUT2D eigenvalue weighted by Gasteiger charge is -2.47. The second-order valence-corrected chi connectivity index (χ2v) is 9.99. The van der Waals surface area contributed by atoms with E-state index >= 15 is 0 Å². The number of benzene rings is 2. The summed E-state index contributed by atoms with van der Waals surface area (Å²) in [5.41, 5.74) is -0.671. The summed E-state index contributed by atoms with van der Waals surface area (Å²) in [5, 5.41) is 11.6. The quantitative estimate of drug-likeness (QED) is 0.525. The molecule has 5 rings (SSSR count). The van der Waals surface area contributed by atoms with Gasteiger partial charge in [0.1, 0.15) is 11.9 Å². The third-order valence-electron chi connectivity index (χ3n) is 7.71. The second-order valence-electron chi connectivity index (χ2n) is 9.99. The molecule has 2 aromatic rings. The van der Waals surface area contributed by atoms with E-state index in [1.165, 1.54) is 57.1 Å². The molecule has 5 nitrogen and oxygen atoms in total. The van der Waals surface area contributed by atoms with Crippen molar-refractivity contribution in [2.75, 3.05) is 13.1 Å². The van der Waals surface area contributed by atoms with Crippen molar-refractivity contribution in [1.29, 1.82) is 0 Å². The largest absolute Gasteiger partial charge is 1.00 e. The van der Waals surface area contributed by atoms with Crippen LogP contribution in [0.2, 0.25) is 0 Å². The summed E-state index contributed by atoms with van der Waals surface area (Å²) in [6.07, 6.45) is 6.94. The van der Waals surface area contributed by atoms with Gasteiger partial charge in [0.2, 0.25) is 5.60 Å². The molecule has 0 radical (unpaired) electrons. The number of ketones is 1. The first kappa shape index (κ1) is 26.4. The summed E-state index contributed by atoms with van der Waals surface area (Å²) in [4.78, 5) is 22.8. The summed E-state index contributed by atoms with van der Waals surface area (Å²) in [6.45, 7) is 5.65. The van der Waals surface area contributed by atoms with Crippen LogP contribution in [0, 0.1) is 0 Å². The molecule has 3 saturated heterocycles. The molecule has 184 valence electrons. The topological polar surface area (TPSA) is 63.6 Å². The van der Waals surface area contributed by atoms with E-state index in [0.29, 0.717) is 23.2 Å². The van der Waals surface area contributed by atoms with Crippen molar-refractivity contribution in [2.45, 2.75) is 76.2 Å². The molecule has 3 heterocycles. The van der Waals surface area contributed by atoms with Gasteiger partial charge in [-0.25, -0.2) is 4.79 Å². The van der Waals surface area contributed by atoms with Gasteiger partial charge in [0.05, 0.1) is 25.2 Å². The number of piperidine rings is 1. The predicted octanol–water partition coefficient (Wildman–Crippen LogP) is 1.37. The summed E-state index contributed by atoms with van der Waals surface area (Å²) in [5.74, 6) is -0.380. The Hall–Kier alpha value is -2.21. The van der Waals surface area contributed by atoms with Gasteiger partial charge in [-0.3, -0.25) is 0 Å². The van der Waals surface area contributed by atoms with Crippen molar-refractivity contribution >= 4 is 11.8 Å². The van der Waals surface area contributed by atoms with Crippen LogP contribution in [-0.4, -0.2) is 52.6 Å². The van der Waals surface area contributed by atoms with Gasteiger partial charge in [0, 0.05) is 38.5 Å². The zero-order valence-electron chi connectivity index (χ0n) is 20.2. The Kier molecular flexibility index (Phi) is 8.56. The van der Waals surface area contributed by atoms with E-state index in [0.717, 1.165) is 12.8 Å². The third kappa shape index (κ3) is 5.07. The van der Waals surface area contributed by atoms with Gasteiger partial charge in [-0.1, -0.05) is 60.7 Å². The molecule has 1 unspecified atom stereocenters. The number of carbonyl (C=O) groups is 2. The number of halogens is 1. The van der Waals surface area contributed by atoms with Gasteiger partial charge >= 0.3 is 5.97 Å². The minimum Gasteiger partial charge on any atom is -1.00 e. The second kappa shape index (κ2) is 11.0. The van der Waals surface area contributed by atoms with Crippen molar-refractivity contribution in [3.63, 3.8) is 0 Å². The standard InChI is InChI=1S/C25H30NO3.C3H6O.ClH/c27-24(25(28,19-9-3-1-4-10-19)20-11-5-2-6-12-20)29-23-17-21-13-14-22(18-23)26(21)15-7-8-16-26;1-3(2)4;/h1-6,9-12,21-23,28H,7-8,13-18H2;1-2H3;1H/q+1;;/p-1/t21-,22+,23?;;. The highest BCUT2D eigenvalue weighted by Crippen LogP contribution is 2.46. The van der Waals surface area contributed by atoms with Gasteiger partial charge in [0.25, 0.3) is 0 Å². The highest BCUT2D eigenvalue weighted by Gasteiger charge is 2.56. The Balaban J connectivity index is 0.000000603. The van der Waals surface area contributed by atoms with E-state index < -0.39 is 11.6 Å². The van der Waals surface area contributed by atoms with Crippen LogP contribution in [0.4, 0.5) is 0 Å². The lowest BCUT2D eigenvalue weighted by atomic mass is 9.86. The van der Waals surface area contributed by atoms with Gasteiger partial charge in [-0.2, -0.15) is 0 Å². The maximum atomic E-state index is 13.4. The number of aliphatic hydroxyl groups is 1. The highest BCUT2D eigenvalue weighted by molar-refractivity contribution is 5.85. The Morgan fingerprint density at radius 1 is 0.853 bits per heavy atom. The molecule has 2 bridgehead atoms. The summed E-state index contributed by atoms with van der Waals surface area (Å²) >= 11 is 0. The van der Waals surface area contributed by atoms with Crippen molar-refractivity contribution in [3.05, 3.63) is 71.8 Å². The van der Waals surface area contributed by atoms with Crippen LogP contribution in [0.5, 0.6) is 0 Å². The first-order valence-corrected chi connectivity index (χ1v) is 12.2. The molecule has 0 saturated carbocycles. The number of nitrogens with zero attached hydrogens (tertiary/aromatic N) is 1. The summed E-state index contributed by atoms with van der Waals surface area (Å²) < 4.78 is 7.32. The molecule has 3 aliphatic rings. The highest BCUT2D eigenvalue weighted by atomic mass is 35.5. The number of carbonyl (C=O) groups excluding carboxylic acids is 2. The maximum absolute atomic E-state index is 13.4. The van der Waals surface area contributed by atoms with E-state index in [1.807, 2.05) is 36.4 Å². The predicted molar refractivity (Wildman–Crippen MR) is 127 cm³/mol. The van der Waals surface area contributed by atoms with Crippen LogP contribution in [0.1, 0.15) is 63.5 Å². The Morgan fingerprint density at radius 3 is 1.68 bits per heavy atom. The average Bonchev–Trinajstić information content (AvgIpc) is 3.36. The van der Waals surface area contributed by atoms with Crippen molar-refractivity contribution in [1.82, 2.24) is 0 Å². The van der Waals surface area contributed by atoms with Crippen LogP contribution in [0.25, 0.3) is 0 Å². The number of esters is 1. The Labute approximate surface area is 209 Å². The van der Waals surface area contributed by atoms with E-state index in [4.69, 9.17) is 4.74 Å². The SMILES string of the molecule is CC(C)=O.O=C(OC1C[C@H]2CC[C@@H](C1)[N+]21CCCC1)C(O)(c1ccccc1)c1ccccc1.[Cl-]. The Morgan fingerprint density at radius 2 is 1.26 bits per heavy atom. The fourth-order valence-electron chi connectivity index (χ4n) is 6.30. The number of hydrogen-bond donors (Lipinski definition) is 1. The molecule has 2 aromatic carbocycles. The van der Waals surface area contributed by atoms with Crippen LogP contribution < -0.4 is 12.4 Å². The molecule has 3 aliphatic heterocycles. The molecule has 1 spiro atoms. The number of ether oxygens (including phenoxy) is 1. The first-order chi connectivity index (χ1) is 15.9. The van der Waals surface area contributed by atoms with E-state index in [9.17, 15) is 14.7 Å². The molecule has 0 amide bonds. The van der Waals surface area contributed by atoms with Crippen LogP contribution in [0.15, 0.2) is 60.7 Å². The lowest BCUT2D eigenvalue weighted by Crippen LogP contribution is -3.00. The monoisotopic (exact) mass is 485 g/mol.